The van der Waals surface area contributed by atoms with Crippen LogP contribution in [-0.4, -0.2) is 23.5 Å². The van der Waals surface area contributed by atoms with E-state index in [1.807, 2.05) is 6.92 Å². The molecule has 1 amide bonds. The van der Waals surface area contributed by atoms with E-state index in [-0.39, 0.29) is 11.8 Å². The Kier molecular flexibility index (Phi) is 30.6. The lowest BCUT2D eigenvalue weighted by molar-refractivity contribution is -0.149. The van der Waals surface area contributed by atoms with E-state index in [2.05, 4.69) is 26.1 Å². The lowest BCUT2D eigenvalue weighted by Gasteiger charge is -2.27. The average Bonchev–Trinajstić information content (AvgIpc) is 2.98. The molecule has 4 heteroatoms. The zero-order valence-corrected chi connectivity index (χ0v) is 29.0. The van der Waals surface area contributed by atoms with E-state index < -0.39 is 17.8 Å². The van der Waals surface area contributed by atoms with Gasteiger partial charge in [0.2, 0.25) is 5.91 Å². The number of carboxylic acids is 1. The van der Waals surface area contributed by atoms with E-state index in [0.29, 0.717) is 6.54 Å². The SMILES string of the molecule is CCCCCCCCCCCCCCCCCCCCC(CC)C(C(=O)O)C(C)C(=O)NCCCCCCCCCC. The molecule has 0 heterocycles. The maximum absolute atomic E-state index is 12.8. The Bertz CT molecular complexity index is 593. The van der Waals surface area contributed by atoms with Crippen LogP contribution in [0.2, 0.25) is 0 Å². The number of carboxylic acid groups (broad SMARTS) is 1. The monoisotopic (exact) mass is 594 g/mol. The standard InChI is InChI=1S/C38H75NO3/c1-5-8-10-12-14-16-17-18-19-20-21-22-23-24-25-26-28-30-32-35(7-3)36(38(41)42)34(4)37(40)39-33-31-29-27-15-13-11-9-6-2/h34-36H,5-33H2,1-4H3,(H,39,40)(H,41,42). The molecule has 0 aliphatic heterocycles. The minimum atomic E-state index is -0.806. The molecule has 4 nitrogen and oxygen atoms in total. The van der Waals surface area contributed by atoms with Crippen LogP contribution in [0.25, 0.3) is 0 Å². The summed E-state index contributed by atoms with van der Waals surface area (Å²) in [7, 11) is 0. The highest BCUT2D eigenvalue weighted by molar-refractivity contribution is 5.84. The van der Waals surface area contributed by atoms with Crippen LogP contribution < -0.4 is 5.32 Å². The van der Waals surface area contributed by atoms with Gasteiger partial charge in [-0.25, -0.2) is 0 Å². The molecule has 0 saturated heterocycles. The van der Waals surface area contributed by atoms with Gasteiger partial charge in [-0.2, -0.15) is 0 Å². The summed E-state index contributed by atoms with van der Waals surface area (Å²) in [5.74, 6) is -1.87. The van der Waals surface area contributed by atoms with E-state index in [0.717, 1.165) is 32.1 Å². The van der Waals surface area contributed by atoms with E-state index in [9.17, 15) is 14.7 Å². The van der Waals surface area contributed by atoms with Crippen LogP contribution in [0.1, 0.15) is 207 Å². The summed E-state index contributed by atoms with van der Waals surface area (Å²) in [6.45, 7) is 9.10. The molecule has 0 spiro atoms. The lowest BCUT2D eigenvalue weighted by atomic mass is 9.77. The van der Waals surface area contributed by atoms with Gasteiger partial charge in [0.05, 0.1) is 5.92 Å². The summed E-state index contributed by atoms with van der Waals surface area (Å²) in [5, 5.41) is 13.0. The summed E-state index contributed by atoms with van der Waals surface area (Å²) in [4.78, 5) is 25.0. The Hall–Kier alpha value is -1.06. The Morgan fingerprint density at radius 1 is 0.524 bits per heavy atom. The number of unbranched alkanes of at least 4 members (excludes halogenated alkanes) is 24. The van der Waals surface area contributed by atoms with Crippen LogP contribution in [0, 0.1) is 17.8 Å². The smallest absolute Gasteiger partial charge is 0.307 e. The van der Waals surface area contributed by atoms with Gasteiger partial charge in [-0.1, -0.05) is 195 Å². The van der Waals surface area contributed by atoms with Crippen molar-refractivity contribution in [2.45, 2.75) is 207 Å². The van der Waals surface area contributed by atoms with Gasteiger partial charge in [-0.15, -0.1) is 0 Å². The Labute approximate surface area is 263 Å². The highest BCUT2D eigenvalue weighted by atomic mass is 16.4. The molecule has 0 saturated carbocycles. The summed E-state index contributed by atoms with van der Waals surface area (Å²) in [6, 6.07) is 0. The van der Waals surface area contributed by atoms with Crippen LogP contribution in [0.5, 0.6) is 0 Å². The lowest BCUT2D eigenvalue weighted by Crippen LogP contribution is -2.40. The number of hydrogen-bond donors (Lipinski definition) is 2. The van der Waals surface area contributed by atoms with Crippen molar-refractivity contribution in [3.05, 3.63) is 0 Å². The second kappa shape index (κ2) is 31.4. The van der Waals surface area contributed by atoms with Gasteiger partial charge >= 0.3 is 5.97 Å². The van der Waals surface area contributed by atoms with Crippen molar-refractivity contribution in [3.63, 3.8) is 0 Å². The van der Waals surface area contributed by atoms with E-state index in [1.165, 1.54) is 148 Å². The Morgan fingerprint density at radius 3 is 1.19 bits per heavy atom. The zero-order chi connectivity index (χ0) is 31.1. The molecule has 42 heavy (non-hydrogen) atoms. The first-order valence-electron chi connectivity index (χ1n) is 19.0. The number of carbonyl (C=O) groups excluding carboxylic acids is 1. The van der Waals surface area contributed by atoms with Crippen molar-refractivity contribution in [1.29, 1.82) is 0 Å². The predicted molar refractivity (Wildman–Crippen MR) is 183 cm³/mol. The molecular weight excluding hydrogens is 518 g/mol. The van der Waals surface area contributed by atoms with Crippen LogP contribution in [0.4, 0.5) is 0 Å². The Morgan fingerprint density at radius 2 is 0.857 bits per heavy atom. The summed E-state index contributed by atoms with van der Waals surface area (Å²) >= 11 is 0. The fourth-order valence-electron chi connectivity index (χ4n) is 6.56. The molecule has 0 radical (unpaired) electrons. The van der Waals surface area contributed by atoms with Crippen molar-refractivity contribution >= 4 is 11.9 Å². The zero-order valence-electron chi connectivity index (χ0n) is 29.0. The summed E-state index contributed by atoms with van der Waals surface area (Å²) < 4.78 is 0. The number of rotatable bonds is 33. The number of amides is 1. The molecular formula is C38H75NO3. The third-order valence-corrected chi connectivity index (χ3v) is 9.53. The van der Waals surface area contributed by atoms with Crippen LogP contribution >= 0.6 is 0 Å². The Balaban J connectivity index is 3.89. The normalized spacial score (nSPS) is 13.6. The molecule has 3 atom stereocenters. The molecule has 0 aromatic carbocycles. The quantitative estimate of drug-likeness (QED) is 0.0744. The molecule has 0 aliphatic rings. The molecule has 0 aromatic rings. The molecule has 3 unspecified atom stereocenters. The van der Waals surface area contributed by atoms with Crippen LogP contribution in [0.3, 0.4) is 0 Å². The fourth-order valence-corrected chi connectivity index (χ4v) is 6.56. The van der Waals surface area contributed by atoms with Gasteiger partial charge in [-0.05, 0) is 18.8 Å². The number of carbonyl (C=O) groups is 2. The minimum Gasteiger partial charge on any atom is -0.481 e. The fraction of sp³-hybridized carbons (Fsp3) is 0.947. The predicted octanol–water partition coefficient (Wildman–Crippen LogP) is 12.0. The van der Waals surface area contributed by atoms with Crippen LogP contribution in [-0.2, 0) is 9.59 Å². The maximum Gasteiger partial charge on any atom is 0.307 e. The van der Waals surface area contributed by atoms with Crippen molar-refractivity contribution in [1.82, 2.24) is 5.32 Å². The van der Waals surface area contributed by atoms with Crippen LogP contribution in [0.15, 0.2) is 0 Å². The first kappa shape index (κ1) is 40.9. The second-order valence-corrected chi connectivity index (χ2v) is 13.4. The van der Waals surface area contributed by atoms with Gasteiger partial charge in [0.1, 0.15) is 0 Å². The highest BCUT2D eigenvalue weighted by Gasteiger charge is 2.35. The average molecular weight is 594 g/mol. The largest absolute Gasteiger partial charge is 0.481 e. The number of nitrogens with one attached hydrogen (secondary N) is 1. The van der Waals surface area contributed by atoms with Gasteiger partial charge in [0, 0.05) is 12.5 Å². The topological polar surface area (TPSA) is 66.4 Å². The van der Waals surface area contributed by atoms with Crippen molar-refractivity contribution in [2.75, 3.05) is 6.54 Å². The molecule has 250 valence electrons. The highest BCUT2D eigenvalue weighted by Crippen LogP contribution is 2.30. The number of aliphatic carboxylic acids is 1. The van der Waals surface area contributed by atoms with Crippen molar-refractivity contribution < 1.29 is 14.7 Å². The van der Waals surface area contributed by atoms with Gasteiger partial charge in [0.15, 0.2) is 0 Å². The van der Waals surface area contributed by atoms with Gasteiger partial charge in [-0.3, -0.25) is 9.59 Å². The number of hydrogen-bond acceptors (Lipinski definition) is 2. The summed E-state index contributed by atoms with van der Waals surface area (Å²) in [5.41, 5.74) is 0. The van der Waals surface area contributed by atoms with Crippen molar-refractivity contribution in [3.8, 4) is 0 Å². The van der Waals surface area contributed by atoms with Gasteiger partial charge in [0.25, 0.3) is 0 Å². The second-order valence-electron chi connectivity index (χ2n) is 13.4. The molecule has 0 aromatic heterocycles. The third kappa shape index (κ3) is 24.4. The third-order valence-electron chi connectivity index (χ3n) is 9.53. The first-order chi connectivity index (χ1) is 20.5. The van der Waals surface area contributed by atoms with Crippen molar-refractivity contribution in [2.24, 2.45) is 17.8 Å². The van der Waals surface area contributed by atoms with Gasteiger partial charge < -0.3 is 10.4 Å². The first-order valence-corrected chi connectivity index (χ1v) is 19.0. The van der Waals surface area contributed by atoms with E-state index >= 15 is 0 Å². The van der Waals surface area contributed by atoms with E-state index in [1.54, 1.807) is 0 Å². The van der Waals surface area contributed by atoms with E-state index in [4.69, 9.17) is 0 Å². The molecule has 2 N–H and O–H groups in total. The molecule has 0 bridgehead atoms. The molecule has 0 rings (SSSR count). The maximum atomic E-state index is 12.8. The summed E-state index contributed by atoms with van der Waals surface area (Å²) in [6.07, 6.45) is 36.1. The minimum absolute atomic E-state index is 0.0763. The molecule has 0 fully saturated rings. The molecule has 0 aliphatic carbocycles.